The smallest absolute Gasteiger partial charge is 0.193 e. The molecule has 1 aromatic heterocycles. The van der Waals surface area contributed by atoms with Gasteiger partial charge in [0.2, 0.25) is 0 Å². The van der Waals surface area contributed by atoms with E-state index in [-0.39, 0.29) is 12.0 Å². The van der Waals surface area contributed by atoms with Gasteiger partial charge < -0.3 is 5.11 Å². The van der Waals surface area contributed by atoms with Crippen molar-refractivity contribution in [1.29, 1.82) is 0 Å². The molecule has 0 aliphatic rings. The van der Waals surface area contributed by atoms with E-state index in [1.54, 1.807) is 17.4 Å². The summed E-state index contributed by atoms with van der Waals surface area (Å²) in [5.74, 6) is 0. The van der Waals surface area contributed by atoms with Crippen LogP contribution in [0.2, 0.25) is 5.02 Å². The molecule has 0 fully saturated rings. The lowest BCUT2D eigenvalue weighted by Gasteiger charge is -2.08. The van der Waals surface area contributed by atoms with E-state index < -0.39 is 0 Å². The molecule has 1 aromatic carbocycles. The molecule has 1 N–H and O–H groups in total. The number of benzene rings is 1. The third kappa shape index (κ3) is 2.10. The molecule has 2 aromatic rings. The topological polar surface area (TPSA) is 37.3 Å². The highest BCUT2D eigenvalue weighted by Crippen LogP contribution is 2.29. The average molecular weight is 269 g/mol. The van der Waals surface area contributed by atoms with Crippen molar-refractivity contribution in [3.63, 3.8) is 0 Å². The largest absolute Gasteiger partial charge is 0.396 e. The molecular formula is C13H13ClO2S. The minimum atomic E-state index is -0.0426. The second-order valence-electron chi connectivity index (χ2n) is 4.01. The highest BCUT2D eigenvalue weighted by molar-refractivity contribution is 7.18. The van der Waals surface area contributed by atoms with Crippen molar-refractivity contribution in [3.8, 4) is 0 Å². The van der Waals surface area contributed by atoms with Gasteiger partial charge in [0.1, 0.15) is 0 Å². The van der Waals surface area contributed by atoms with Crippen molar-refractivity contribution < 1.29 is 5.11 Å². The number of hydrogen-bond donors (Lipinski definition) is 1. The summed E-state index contributed by atoms with van der Waals surface area (Å²) in [4.78, 5) is 13.3. The van der Waals surface area contributed by atoms with Crippen LogP contribution in [0.4, 0.5) is 0 Å². The fourth-order valence-electron chi connectivity index (χ4n) is 1.93. The molecule has 0 atom stereocenters. The molecule has 90 valence electrons. The van der Waals surface area contributed by atoms with Gasteiger partial charge in [-0.2, -0.15) is 0 Å². The fourth-order valence-corrected chi connectivity index (χ4v) is 3.39. The number of rotatable bonds is 2. The van der Waals surface area contributed by atoms with Crippen LogP contribution in [0.1, 0.15) is 16.0 Å². The lowest BCUT2D eigenvalue weighted by molar-refractivity contribution is 0.299. The molecule has 0 saturated carbocycles. The maximum absolute atomic E-state index is 12.3. The van der Waals surface area contributed by atoms with Crippen molar-refractivity contribution in [3.05, 3.63) is 43.4 Å². The molecule has 2 rings (SSSR count). The molecule has 17 heavy (non-hydrogen) atoms. The summed E-state index contributed by atoms with van der Waals surface area (Å²) in [6, 6.07) is 3.68. The molecule has 4 heteroatoms. The zero-order chi connectivity index (χ0) is 12.6. The van der Waals surface area contributed by atoms with Crippen molar-refractivity contribution in [2.75, 3.05) is 6.61 Å². The Labute approximate surface area is 108 Å². The SMILES string of the molecule is Cc1sc2c(C)ccc(Cl)c2c(=O)c1CCO. The Balaban J connectivity index is 2.92. The maximum atomic E-state index is 12.3. The Hall–Kier alpha value is -0.900. The average Bonchev–Trinajstić information content (AvgIpc) is 2.29. The van der Waals surface area contributed by atoms with Crippen molar-refractivity contribution in [2.45, 2.75) is 20.3 Å². The summed E-state index contributed by atoms with van der Waals surface area (Å²) in [6.07, 6.45) is 0.390. The first kappa shape index (κ1) is 12.6. The maximum Gasteiger partial charge on any atom is 0.193 e. The minimum absolute atomic E-state index is 0.0161. The fraction of sp³-hybridized carbons (Fsp3) is 0.308. The molecule has 0 aliphatic carbocycles. The molecule has 0 radical (unpaired) electrons. The van der Waals surface area contributed by atoms with Gasteiger partial charge in [0, 0.05) is 28.2 Å². The summed E-state index contributed by atoms with van der Waals surface area (Å²) in [6.45, 7) is 3.87. The first-order valence-corrected chi connectivity index (χ1v) is 6.58. The molecule has 0 bridgehead atoms. The molecule has 0 unspecified atom stereocenters. The highest BCUT2D eigenvalue weighted by Gasteiger charge is 2.13. The number of hydrogen-bond acceptors (Lipinski definition) is 3. The minimum Gasteiger partial charge on any atom is -0.396 e. The van der Waals surface area contributed by atoms with Gasteiger partial charge in [0.25, 0.3) is 0 Å². The molecular weight excluding hydrogens is 256 g/mol. The predicted octanol–water partition coefficient (Wildman–Crippen LogP) is 3.07. The van der Waals surface area contributed by atoms with Gasteiger partial charge in [-0.3, -0.25) is 4.79 Å². The second-order valence-corrected chi connectivity index (χ2v) is 5.64. The lowest BCUT2D eigenvalue weighted by Crippen LogP contribution is -2.12. The Morgan fingerprint density at radius 1 is 1.35 bits per heavy atom. The van der Waals surface area contributed by atoms with Crippen LogP contribution >= 0.6 is 22.9 Å². The molecule has 0 amide bonds. The van der Waals surface area contributed by atoms with E-state index in [1.807, 2.05) is 19.9 Å². The van der Waals surface area contributed by atoms with Crippen LogP contribution < -0.4 is 5.43 Å². The van der Waals surface area contributed by atoms with E-state index in [2.05, 4.69) is 0 Å². The van der Waals surface area contributed by atoms with E-state index in [0.717, 1.165) is 15.1 Å². The van der Waals surface area contributed by atoms with Crippen molar-refractivity contribution in [2.24, 2.45) is 0 Å². The van der Waals surface area contributed by atoms with Gasteiger partial charge in [-0.15, -0.1) is 11.3 Å². The monoisotopic (exact) mass is 268 g/mol. The molecule has 1 heterocycles. The highest BCUT2D eigenvalue weighted by atomic mass is 35.5. The standard InChI is InChI=1S/C13H13ClO2S/c1-7-3-4-10(14)11-12(16)9(5-6-15)8(2)17-13(7)11/h3-4,15H,5-6H2,1-2H3. The van der Waals surface area contributed by atoms with Gasteiger partial charge in [0.05, 0.1) is 10.4 Å². The van der Waals surface area contributed by atoms with E-state index >= 15 is 0 Å². The number of halogens is 1. The van der Waals surface area contributed by atoms with Crippen LogP contribution in [-0.4, -0.2) is 11.7 Å². The van der Waals surface area contributed by atoms with Gasteiger partial charge in [-0.25, -0.2) is 0 Å². The zero-order valence-electron chi connectivity index (χ0n) is 9.71. The number of aliphatic hydroxyl groups excluding tert-OH is 1. The van der Waals surface area contributed by atoms with Crippen LogP contribution in [-0.2, 0) is 6.42 Å². The Morgan fingerprint density at radius 2 is 2.06 bits per heavy atom. The van der Waals surface area contributed by atoms with E-state index in [9.17, 15) is 4.79 Å². The Bertz CT molecular complexity index is 631. The quantitative estimate of drug-likeness (QED) is 0.909. The molecule has 0 saturated heterocycles. The normalized spacial score (nSPS) is 11.1. The van der Waals surface area contributed by atoms with Gasteiger partial charge in [-0.1, -0.05) is 17.7 Å². The summed E-state index contributed by atoms with van der Waals surface area (Å²) in [5, 5.41) is 10.1. The van der Waals surface area contributed by atoms with Crippen LogP contribution in [0.3, 0.4) is 0 Å². The van der Waals surface area contributed by atoms with Gasteiger partial charge in [-0.05, 0) is 25.5 Å². The Kier molecular flexibility index (Phi) is 3.52. The summed E-state index contributed by atoms with van der Waals surface area (Å²) >= 11 is 7.67. The molecule has 2 nitrogen and oxygen atoms in total. The predicted molar refractivity (Wildman–Crippen MR) is 73.4 cm³/mol. The van der Waals surface area contributed by atoms with Crippen LogP contribution in [0, 0.1) is 13.8 Å². The summed E-state index contributed by atoms with van der Waals surface area (Å²) in [5.41, 5.74) is 1.70. The number of aryl methyl sites for hydroxylation is 2. The van der Waals surface area contributed by atoms with Crippen molar-refractivity contribution >= 4 is 33.0 Å². The summed E-state index contributed by atoms with van der Waals surface area (Å²) < 4.78 is 0.946. The summed E-state index contributed by atoms with van der Waals surface area (Å²) in [7, 11) is 0. The second kappa shape index (κ2) is 4.77. The van der Waals surface area contributed by atoms with Gasteiger partial charge >= 0.3 is 0 Å². The number of fused-ring (bicyclic) bond motifs is 1. The number of aliphatic hydroxyl groups is 1. The van der Waals surface area contributed by atoms with Crippen LogP contribution in [0.25, 0.3) is 10.1 Å². The van der Waals surface area contributed by atoms with Crippen LogP contribution in [0.15, 0.2) is 16.9 Å². The first-order chi connectivity index (χ1) is 8.06. The third-order valence-electron chi connectivity index (χ3n) is 2.85. The lowest BCUT2D eigenvalue weighted by atomic mass is 10.1. The molecule has 0 spiro atoms. The van der Waals surface area contributed by atoms with Crippen LogP contribution in [0.5, 0.6) is 0 Å². The van der Waals surface area contributed by atoms with E-state index in [4.69, 9.17) is 16.7 Å². The zero-order valence-corrected chi connectivity index (χ0v) is 11.3. The first-order valence-electron chi connectivity index (χ1n) is 5.38. The third-order valence-corrected chi connectivity index (χ3v) is 4.44. The molecule has 0 aliphatic heterocycles. The Morgan fingerprint density at radius 3 is 2.71 bits per heavy atom. The van der Waals surface area contributed by atoms with Crippen molar-refractivity contribution in [1.82, 2.24) is 0 Å². The van der Waals surface area contributed by atoms with E-state index in [0.29, 0.717) is 22.4 Å². The van der Waals surface area contributed by atoms with Gasteiger partial charge in [0.15, 0.2) is 5.43 Å². The van der Waals surface area contributed by atoms with E-state index in [1.165, 1.54) is 0 Å².